The Bertz CT molecular complexity index is 604. The first-order valence-electron chi connectivity index (χ1n) is 12.4. The van der Waals surface area contributed by atoms with Gasteiger partial charge in [0.05, 0.1) is 13.1 Å². The van der Waals surface area contributed by atoms with Crippen molar-refractivity contribution in [1.82, 2.24) is 0 Å². The summed E-state index contributed by atoms with van der Waals surface area (Å²) >= 11 is 0. The third kappa shape index (κ3) is 27.1. The first-order valence-corrected chi connectivity index (χ1v) is 14.4. The molecule has 0 unspecified atom stereocenters. The van der Waals surface area contributed by atoms with Crippen LogP contribution in [0.4, 0.5) is 25.2 Å². The van der Waals surface area contributed by atoms with E-state index < -0.39 is 7.81 Å². The van der Waals surface area contributed by atoms with Gasteiger partial charge in [-0.2, -0.15) is 0 Å². The summed E-state index contributed by atoms with van der Waals surface area (Å²) < 4.78 is 59.2. The van der Waals surface area contributed by atoms with Crippen LogP contribution < -0.4 is 4.90 Å². The molecule has 1 aromatic rings. The van der Waals surface area contributed by atoms with Gasteiger partial charge in [0.25, 0.3) is 0 Å². The van der Waals surface area contributed by atoms with Gasteiger partial charge in [-0.1, -0.05) is 102 Å². The second kappa shape index (κ2) is 15.0. The molecule has 1 aromatic carbocycles. The van der Waals surface area contributed by atoms with Gasteiger partial charge in [-0.15, -0.1) is 0 Å². The van der Waals surface area contributed by atoms with Crippen LogP contribution in [0.5, 0.6) is 0 Å². The van der Waals surface area contributed by atoms with E-state index in [0.717, 1.165) is 6.54 Å². The molecule has 0 saturated carbocycles. The SMILES string of the molecule is C=C(C[NH+](CCCCCCCC)CCCCCCCC)c1ccccc1.F[P-](F)(F)(F)(F)F. The van der Waals surface area contributed by atoms with E-state index in [1.54, 1.807) is 4.90 Å². The summed E-state index contributed by atoms with van der Waals surface area (Å²) in [6, 6.07) is 10.8. The van der Waals surface area contributed by atoms with Crippen LogP contribution in [0.1, 0.15) is 96.5 Å². The van der Waals surface area contributed by atoms with Crippen molar-refractivity contribution in [1.29, 1.82) is 0 Å². The second-order valence-corrected chi connectivity index (χ2v) is 10.8. The van der Waals surface area contributed by atoms with Crippen LogP contribution >= 0.6 is 7.81 Å². The second-order valence-electron chi connectivity index (χ2n) is 8.89. The summed E-state index contributed by atoms with van der Waals surface area (Å²) in [7, 11) is -10.7. The summed E-state index contributed by atoms with van der Waals surface area (Å²) in [5, 5.41) is 0. The number of unbranched alkanes of at least 4 members (excludes halogenated alkanes) is 10. The Morgan fingerprint density at radius 3 is 1.42 bits per heavy atom. The minimum atomic E-state index is -10.7. The molecule has 0 atom stereocenters. The van der Waals surface area contributed by atoms with Crippen LogP contribution in [0.25, 0.3) is 5.57 Å². The summed E-state index contributed by atoms with van der Waals surface area (Å²) in [6.07, 6.45) is 16.7. The monoisotopic (exact) mass is 503 g/mol. The maximum absolute atomic E-state index is 10.7. The van der Waals surface area contributed by atoms with Crippen molar-refractivity contribution in [3.05, 3.63) is 42.5 Å². The van der Waals surface area contributed by atoms with E-state index in [4.69, 9.17) is 0 Å². The molecule has 1 rings (SSSR count). The Kier molecular flexibility index (Phi) is 14.5. The van der Waals surface area contributed by atoms with E-state index in [0.29, 0.717) is 0 Å². The molecule has 33 heavy (non-hydrogen) atoms. The molecule has 0 spiro atoms. The number of benzene rings is 1. The predicted molar refractivity (Wildman–Crippen MR) is 131 cm³/mol. The molecule has 0 saturated heterocycles. The maximum atomic E-state index is 9.87. The number of nitrogens with one attached hydrogen (secondary N) is 1. The molecule has 8 heteroatoms. The molecule has 0 fully saturated rings. The molecule has 1 nitrogen and oxygen atoms in total. The Morgan fingerprint density at radius 2 is 1.03 bits per heavy atom. The van der Waals surface area contributed by atoms with Crippen LogP contribution in [0, 0.1) is 0 Å². The Morgan fingerprint density at radius 1 is 0.667 bits per heavy atom. The number of hydrogen-bond donors (Lipinski definition) is 1. The third-order valence-corrected chi connectivity index (χ3v) is 5.41. The molecule has 0 bridgehead atoms. The minimum absolute atomic E-state index is 1.11. The Balaban J connectivity index is 0.00000126. The van der Waals surface area contributed by atoms with Gasteiger partial charge in [0, 0.05) is 5.57 Å². The number of halogens is 6. The van der Waals surface area contributed by atoms with Gasteiger partial charge in [0.15, 0.2) is 0 Å². The summed E-state index contributed by atoms with van der Waals surface area (Å²) in [5.74, 6) is 0. The zero-order chi connectivity index (χ0) is 25.3. The zero-order valence-corrected chi connectivity index (χ0v) is 21.3. The normalized spacial score (nSPS) is 13.7. The molecule has 0 aliphatic carbocycles. The predicted octanol–water partition coefficient (Wildman–Crippen LogP) is 9.69. The van der Waals surface area contributed by atoms with E-state index in [9.17, 15) is 25.2 Å². The average molecular weight is 504 g/mol. The fourth-order valence-corrected chi connectivity index (χ4v) is 3.69. The van der Waals surface area contributed by atoms with Crippen LogP contribution in [0.3, 0.4) is 0 Å². The van der Waals surface area contributed by atoms with E-state index in [2.05, 4.69) is 50.8 Å². The molecule has 0 radical (unpaired) electrons. The van der Waals surface area contributed by atoms with Crippen molar-refractivity contribution in [3.8, 4) is 0 Å². The van der Waals surface area contributed by atoms with Crippen molar-refractivity contribution in [3.63, 3.8) is 0 Å². The topological polar surface area (TPSA) is 4.44 Å². The van der Waals surface area contributed by atoms with Gasteiger partial charge >= 0.3 is 33.0 Å². The van der Waals surface area contributed by atoms with E-state index in [1.165, 1.54) is 101 Å². The molecule has 0 heterocycles. The molecule has 0 amide bonds. The summed E-state index contributed by atoms with van der Waals surface area (Å²) in [6.45, 7) is 12.7. The van der Waals surface area contributed by atoms with Gasteiger partial charge in [-0.3, -0.25) is 0 Å². The number of hydrogen-bond acceptors (Lipinski definition) is 0. The molecule has 0 aliphatic rings. The van der Waals surface area contributed by atoms with Crippen molar-refractivity contribution in [2.75, 3.05) is 19.6 Å². The molecular weight excluding hydrogens is 459 g/mol. The molecule has 0 aromatic heterocycles. The van der Waals surface area contributed by atoms with Crippen molar-refractivity contribution in [2.24, 2.45) is 0 Å². The van der Waals surface area contributed by atoms with E-state index in [-0.39, 0.29) is 0 Å². The summed E-state index contributed by atoms with van der Waals surface area (Å²) in [5.41, 5.74) is 2.62. The van der Waals surface area contributed by atoms with Gasteiger partial charge in [0.1, 0.15) is 6.54 Å². The molecule has 0 aliphatic heterocycles. The van der Waals surface area contributed by atoms with Crippen molar-refractivity contribution in [2.45, 2.75) is 90.9 Å². The number of quaternary nitrogens is 1. The van der Waals surface area contributed by atoms with Gasteiger partial charge in [0.2, 0.25) is 0 Å². The van der Waals surface area contributed by atoms with Crippen LogP contribution in [0.2, 0.25) is 0 Å². The first-order chi connectivity index (χ1) is 15.2. The average Bonchev–Trinajstić information content (AvgIpc) is 2.71. The van der Waals surface area contributed by atoms with Crippen LogP contribution in [-0.2, 0) is 0 Å². The Hall–Kier alpha value is -1.07. The fraction of sp³-hybridized carbons (Fsp3) is 0.680. The molecule has 196 valence electrons. The number of rotatable bonds is 17. The molecule has 1 N–H and O–H groups in total. The van der Waals surface area contributed by atoms with E-state index in [1.807, 2.05) is 0 Å². The van der Waals surface area contributed by atoms with Gasteiger partial charge < -0.3 is 4.90 Å². The van der Waals surface area contributed by atoms with Crippen molar-refractivity contribution < 1.29 is 30.1 Å². The van der Waals surface area contributed by atoms with Crippen LogP contribution in [0.15, 0.2) is 36.9 Å². The third-order valence-electron chi connectivity index (χ3n) is 5.41. The van der Waals surface area contributed by atoms with Crippen molar-refractivity contribution >= 4 is 13.4 Å². The van der Waals surface area contributed by atoms with E-state index >= 15 is 0 Å². The van der Waals surface area contributed by atoms with Gasteiger partial charge in [-0.25, -0.2) is 0 Å². The van der Waals surface area contributed by atoms with Gasteiger partial charge in [-0.05, 0) is 31.2 Å². The fourth-order valence-electron chi connectivity index (χ4n) is 3.69. The van der Waals surface area contributed by atoms with Crippen LogP contribution in [-0.4, -0.2) is 19.6 Å². The zero-order valence-electron chi connectivity index (χ0n) is 20.4. The first kappa shape index (κ1) is 31.9. The molecular formula is C25H44F6NP. The quantitative estimate of drug-likeness (QED) is 0.123. The summed E-state index contributed by atoms with van der Waals surface area (Å²) in [4.78, 5) is 1.74. The standard InChI is InChI=1S/C25H43N.F6P/c1-4-6-8-10-12-17-21-26(22-18-13-11-9-7-5-2)23-24(3)25-19-15-14-16-20-25;1-7(2,3,4,5)6/h14-16,19-20H,3-13,17-18,21-23H2,1-2H3;/q;-1/p+1. The Labute approximate surface area is 196 Å².